The average Bonchev–Trinajstić information content (AvgIpc) is 2.45. The summed E-state index contributed by atoms with van der Waals surface area (Å²) in [5.74, 6) is 0.595. The molecule has 21 heavy (non-hydrogen) atoms. The second kappa shape index (κ2) is 6.35. The Balaban J connectivity index is 2.38. The minimum absolute atomic E-state index is 0.0431. The summed E-state index contributed by atoms with van der Waals surface area (Å²) in [6, 6.07) is 7.97. The van der Waals surface area contributed by atoms with Crippen molar-refractivity contribution in [1.82, 2.24) is 0 Å². The van der Waals surface area contributed by atoms with Crippen LogP contribution in [0.3, 0.4) is 0 Å². The van der Waals surface area contributed by atoms with Crippen LogP contribution in [0.1, 0.15) is 31.4 Å². The first-order valence-corrected chi connectivity index (χ1v) is 6.91. The number of halogens is 3. The van der Waals surface area contributed by atoms with Crippen molar-refractivity contribution in [3.05, 3.63) is 42.0 Å². The molecule has 0 aliphatic heterocycles. The number of fused-ring (bicyclic) bond motifs is 1. The van der Waals surface area contributed by atoms with Crippen LogP contribution < -0.4 is 10.5 Å². The van der Waals surface area contributed by atoms with E-state index in [1.807, 2.05) is 19.1 Å². The first kappa shape index (κ1) is 15.6. The number of ether oxygens (including phenoxy) is 1. The van der Waals surface area contributed by atoms with Gasteiger partial charge in [0.1, 0.15) is 11.8 Å². The number of unbranched alkanes of at least 4 members (excludes halogenated alkanes) is 1. The summed E-state index contributed by atoms with van der Waals surface area (Å²) >= 11 is 0. The van der Waals surface area contributed by atoms with E-state index >= 15 is 0 Å². The van der Waals surface area contributed by atoms with E-state index in [1.54, 1.807) is 12.1 Å². The quantitative estimate of drug-likeness (QED) is 0.820. The van der Waals surface area contributed by atoms with Gasteiger partial charge in [-0.2, -0.15) is 13.2 Å². The Hall–Kier alpha value is -1.75. The summed E-state index contributed by atoms with van der Waals surface area (Å²) in [5, 5.41) is 1.49. The number of benzene rings is 2. The molecule has 0 heterocycles. The highest BCUT2D eigenvalue weighted by Gasteiger charge is 2.37. The molecule has 2 aromatic carbocycles. The van der Waals surface area contributed by atoms with Gasteiger partial charge >= 0.3 is 6.18 Å². The summed E-state index contributed by atoms with van der Waals surface area (Å²) < 4.78 is 43.8. The summed E-state index contributed by atoms with van der Waals surface area (Å²) in [7, 11) is 0. The zero-order valence-electron chi connectivity index (χ0n) is 11.8. The molecule has 1 atom stereocenters. The normalized spacial score (nSPS) is 13.4. The molecule has 0 amide bonds. The van der Waals surface area contributed by atoms with Gasteiger partial charge in [0, 0.05) is 5.39 Å². The lowest BCUT2D eigenvalue weighted by Crippen LogP contribution is -2.28. The SMILES string of the molecule is CCCCOc1cccc2ccc([C@H](N)C(F)(F)F)cc12. The molecule has 0 saturated heterocycles. The highest BCUT2D eigenvalue weighted by Crippen LogP contribution is 2.34. The Labute approximate surface area is 121 Å². The molecule has 2 N–H and O–H groups in total. The predicted octanol–water partition coefficient (Wildman–Crippen LogP) is 4.58. The third kappa shape index (κ3) is 3.67. The summed E-state index contributed by atoms with van der Waals surface area (Å²) in [6.07, 6.45) is -2.56. The van der Waals surface area contributed by atoms with Crippen molar-refractivity contribution in [2.24, 2.45) is 5.73 Å². The third-order valence-corrected chi connectivity index (χ3v) is 3.33. The van der Waals surface area contributed by atoms with Crippen molar-refractivity contribution in [2.45, 2.75) is 32.0 Å². The maximum atomic E-state index is 12.7. The fraction of sp³-hybridized carbons (Fsp3) is 0.375. The van der Waals surface area contributed by atoms with Gasteiger partial charge in [0.2, 0.25) is 0 Å². The number of alkyl halides is 3. The largest absolute Gasteiger partial charge is 0.493 e. The monoisotopic (exact) mass is 297 g/mol. The second-order valence-electron chi connectivity index (χ2n) is 4.96. The van der Waals surface area contributed by atoms with Gasteiger partial charge in [0.25, 0.3) is 0 Å². The van der Waals surface area contributed by atoms with Crippen LogP contribution in [0.4, 0.5) is 13.2 Å². The van der Waals surface area contributed by atoms with Gasteiger partial charge in [-0.05, 0) is 29.5 Å². The molecule has 2 aromatic rings. The van der Waals surface area contributed by atoms with Crippen LogP contribution in [0.15, 0.2) is 36.4 Å². The van der Waals surface area contributed by atoms with Crippen molar-refractivity contribution in [2.75, 3.05) is 6.61 Å². The summed E-state index contributed by atoms with van der Waals surface area (Å²) in [4.78, 5) is 0. The average molecular weight is 297 g/mol. The van der Waals surface area contributed by atoms with Gasteiger partial charge in [-0.15, -0.1) is 0 Å². The number of hydrogen-bond acceptors (Lipinski definition) is 2. The number of nitrogens with two attached hydrogens (primary N) is 1. The standard InChI is InChI=1S/C16H18F3NO/c1-2-3-9-21-14-6-4-5-11-7-8-12(10-13(11)14)15(20)16(17,18)19/h4-8,10,15H,2-3,9,20H2,1H3/t15-/m0/s1. The highest BCUT2D eigenvalue weighted by molar-refractivity contribution is 5.89. The van der Waals surface area contributed by atoms with Gasteiger partial charge in [-0.25, -0.2) is 0 Å². The molecule has 5 heteroatoms. The van der Waals surface area contributed by atoms with E-state index in [9.17, 15) is 13.2 Å². The van der Waals surface area contributed by atoms with Crippen LogP contribution in [0, 0.1) is 0 Å². The molecule has 0 spiro atoms. The van der Waals surface area contributed by atoms with Crippen LogP contribution in [0.25, 0.3) is 10.8 Å². The van der Waals surface area contributed by atoms with E-state index < -0.39 is 12.2 Å². The fourth-order valence-electron chi connectivity index (χ4n) is 2.10. The van der Waals surface area contributed by atoms with Crippen LogP contribution in [0.5, 0.6) is 5.75 Å². The molecular weight excluding hydrogens is 279 g/mol. The van der Waals surface area contributed by atoms with Crippen LogP contribution in [0.2, 0.25) is 0 Å². The molecule has 0 unspecified atom stereocenters. The molecule has 114 valence electrons. The molecule has 0 fully saturated rings. The Morgan fingerprint density at radius 3 is 2.62 bits per heavy atom. The fourth-order valence-corrected chi connectivity index (χ4v) is 2.10. The zero-order valence-corrected chi connectivity index (χ0v) is 11.8. The Morgan fingerprint density at radius 2 is 1.95 bits per heavy atom. The molecule has 0 bridgehead atoms. The Morgan fingerprint density at radius 1 is 1.19 bits per heavy atom. The first-order chi connectivity index (χ1) is 9.93. The topological polar surface area (TPSA) is 35.2 Å². The van der Waals surface area contributed by atoms with Crippen LogP contribution in [-0.2, 0) is 0 Å². The van der Waals surface area contributed by atoms with Crippen molar-refractivity contribution >= 4 is 10.8 Å². The molecule has 0 aliphatic carbocycles. The molecule has 2 rings (SSSR count). The van der Waals surface area contributed by atoms with E-state index in [1.165, 1.54) is 12.1 Å². The lowest BCUT2D eigenvalue weighted by molar-refractivity contribution is -0.149. The van der Waals surface area contributed by atoms with Crippen molar-refractivity contribution < 1.29 is 17.9 Å². The number of hydrogen-bond donors (Lipinski definition) is 1. The lowest BCUT2D eigenvalue weighted by Gasteiger charge is -2.17. The van der Waals surface area contributed by atoms with E-state index in [4.69, 9.17) is 10.5 Å². The summed E-state index contributed by atoms with van der Waals surface area (Å²) in [5.41, 5.74) is 5.31. The maximum absolute atomic E-state index is 12.7. The minimum Gasteiger partial charge on any atom is -0.493 e. The summed E-state index contributed by atoms with van der Waals surface area (Å²) in [6.45, 7) is 2.60. The van der Waals surface area contributed by atoms with Gasteiger partial charge in [0.05, 0.1) is 6.61 Å². The second-order valence-corrected chi connectivity index (χ2v) is 4.96. The lowest BCUT2D eigenvalue weighted by atomic mass is 10.0. The molecule has 0 aromatic heterocycles. The van der Waals surface area contributed by atoms with E-state index in [0.717, 1.165) is 18.2 Å². The van der Waals surface area contributed by atoms with Gasteiger partial charge in [-0.1, -0.05) is 37.6 Å². The zero-order chi connectivity index (χ0) is 15.5. The van der Waals surface area contributed by atoms with Crippen molar-refractivity contribution in [1.29, 1.82) is 0 Å². The maximum Gasteiger partial charge on any atom is 0.407 e. The third-order valence-electron chi connectivity index (χ3n) is 3.33. The minimum atomic E-state index is -4.45. The molecule has 0 aliphatic rings. The smallest absolute Gasteiger partial charge is 0.407 e. The van der Waals surface area contributed by atoms with Crippen LogP contribution in [-0.4, -0.2) is 12.8 Å². The van der Waals surface area contributed by atoms with E-state index in [0.29, 0.717) is 17.7 Å². The van der Waals surface area contributed by atoms with Crippen LogP contribution >= 0.6 is 0 Å². The number of rotatable bonds is 5. The Kier molecular flexibility index (Phi) is 4.73. The molecule has 0 saturated carbocycles. The molecule has 0 radical (unpaired) electrons. The van der Waals surface area contributed by atoms with Gasteiger partial charge in [0.15, 0.2) is 0 Å². The predicted molar refractivity (Wildman–Crippen MR) is 77.3 cm³/mol. The first-order valence-electron chi connectivity index (χ1n) is 6.91. The van der Waals surface area contributed by atoms with Crippen molar-refractivity contribution in [3.8, 4) is 5.75 Å². The van der Waals surface area contributed by atoms with E-state index in [-0.39, 0.29) is 5.56 Å². The van der Waals surface area contributed by atoms with E-state index in [2.05, 4.69) is 0 Å². The molecule has 2 nitrogen and oxygen atoms in total. The van der Waals surface area contributed by atoms with Gasteiger partial charge < -0.3 is 10.5 Å². The Bertz CT molecular complexity index is 610. The van der Waals surface area contributed by atoms with Gasteiger partial charge in [-0.3, -0.25) is 0 Å². The highest BCUT2D eigenvalue weighted by atomic mass is 19.4. The molecular formula is C16H18F3NO. The van der Waals surface area contributed by atoms with Crippen molar-refractivity contribution in [3.63, 3.8) is 0 Å².